The zero-order chi connectivity index (χ0) is 19.4. The number of hydrogen-bond donors (Lipinski definition) is 2. The molecule has 0 unspecified atom stereocenters. The first-order valence-electron chi connectivity index (χ1n) is 8.35. The van der Waals surface area contributed by atoms with Crippen LogP contribution >= 0.6 is 0 Å². The molecule has 27 heavy (non-hydrogen) atoms. The van der Waals surface area contributed by atoms with Gasteiger partial charge in [0.1, 0.15) is 16.4 Å². The molecule has 8 nitrogen and oxygen atoms in total. The molecular weight excluding hydrogens is 370 g/mol. The molecule has 0 radical (unpaired) electrons. The van der Waals surface area contributed by atoms with Crippen molar-refractivity contribution in [2.75, 3.05) is 20.8 Å². The van der Waals surface area contributed by atoms with Crippen molar-refractivity contribution in [2.45, 2.75) is 17.9 Å². The van der Waals surface area contributed by atoms with E-state index in [4.69, 9.17) is 9.47 Å². The van der Waals surface area contributed by atoms with Gasteiger partial charge in [0, 0.05) is 19.2 Å². The Morgan fingerprint density at radius 1 is 1.11 bits per heavy atom. The summed E-state index contributed by atoms with van der Waals surface area (Å²) in [5, 5.41) is 0. The molecule has 144 valence electrons. The van der Waals surface area contributed by atoms with Crippen LogP contribution in [-0.2, 0) is 16.6 Å². The molecular formula is C18H21N3O5S. The molecule has 0 amide bonds. The van der Waals surface area contributed by atoms with Crippen molar-refractivity contribution in [1.29, 1.82) is 0 Å². The van der Waals surface area contributed by atoms with Gasteiger partial charge in [-0.2, -0.15) is 0 Å². The fraction of sp³-hybridized carbons (Fsp3) is 0.278. The van der Waals surface area contributed by atoms with Gasteiger partial charge in [-0.05, 0) is 30.7 Å². The van der Waals surface area contributed by atoms with E-state index >= 15 is 0 Å². The maximum Gasteiger partial charge on any atom is 0.326 e. The lowest BCUT2D eigenvalue weighted by Gasteiger charge is -2.12. The summed E-state index contributed by atoms with van der Waals surface area (Å²) in [6, 6.07) is 11.9. The van der Waals surface area contributed by atoms with E-state index in [1.54, 1.807) is 16.7 Å². The number of aromatic amines is 1. The number of nitrogens with one attached hydrogen (secondary N) is 2. The zero-order valence-corrected chi connectivity index (χ0v) is 15.9. The van der Waals surface area contributed by atoms with Crippen LogP contribution in [0.15, 0.2) is 52.2 Å². The summed E-state index contributed by atoms with van der Waals surface area (Å²) in [5.41, 5.74) is 1.33. The first-order chi connectivity index (χ1) is 13.0. The van der Waals surface area contributed by atoms with E-state index in [0.29, 0.717) is 18.7 Å². The average Bonchev–Trinajstić information content (AvgIpc) is 2.99. The second-order valence-corrected chi connectivity index (χ2v) is 7.60. The molecule has 2 N–H and O–H groups in total. The van der Waals surface area contributed by atoms with Gasteiger partial charge < -0.3 is 14.5 Å². The van der Waals surface area contributed by atoms with Gasteiger partial charge in [-0.3, -0.25) is 4.57 Å². The Balaban J connectivity index is 1.69. The molecule has 0 fully saturated rings. The number of aromatic nitrogens is 2. The molecule has 0 aliphatic heterocycles. The number of sulfonamides is 1. The first-order valence-corrected chi connectivity index (χ1v) is 9.84. The van der Waals surface area contributed by atoms with E-state index in [9.17, 15) is 13.2 Å². The van der Waals surface area contributed by atoms with Crippen LogP contribution in [0.3, 0.4) is 0 Å². The van der Waals surface area contributed by atoms with E-state index < -0.39 is 10.0 Å². The SMILES string of the molecule is COc1ccc(OC)c(S(=O)(=O)NCCCn2c(=O)[nH]c3ccccc32)c1. The minimum atomic E-state index is -3.78. The number of para-hydroxylation sites is 2. The molecule has 1 aromatic heterocycles. The summed E-state index contributed by atoms with van der Waals surface area (Å²) in [6.45, 7) is 0.565. The Hall–Kier alpha value is -2.78. The van der Waals surface area contributed by atoms with E-state index in [-0.39, 0.29) is 22.9 Å². The summed E-state index contributed by atoms with van der Waals surface area (Å²) >= 11 is 0. The van der Waals surface area contributed by atoms with Gasteiger partial charge >= 0.3 is 5.69 Å². The standard InChI is InChI=1S/C18H21N3O5S/c1-25-13-8-9-16(26-2)17(12-13)27(23,24)19-10-5-11-21-15-7-4-3-6-14(15)20-18(21)22/h3-4,6-9,12,19H,5,10-11H2,1-2H3,(H,20,22). The number of methoxy groups -OCH3 is 2. The van der Waals surface area contributed by atoms with Gasteiger partial charge in [0.2, 0.25) is 10.0 Å². The second kappa shape index (κ2) is 7.85. The number of aryl methyl sites for hydroxylation is 1. The van der Waals surface area contributed by atoms with Crippen molar-refractivity contribution >= 4 is 21.1 Å². The maximum absolute atomic E-state index is 12.6. The number of H-pyrrole nitrogens is 1. The van der Waals surface area contributed by atoms with Crippen molar-refractivity contribution in [2.24, 2.45) is 0 Å². The largest absolute Gasteiger partial charge is 0.497 e. The van der Waals surface area contributed by atoms with Crippen LogP contribution in [0.5, 0.6) is 11.5 Å². The number of benzene rings is 2. The van der Waals surface area contributed by atoms with Gasteiger partial charge in [0.15, 0.2) is 0 Å². The maximum atomic E-state index is 12.6. The Labute approximate surface area is 156 Å². The molecule has 2 aromatic carbocycles. The van der Waals surface area contributed by atoms with Crippen LogP contribution in [0.4, 0.5) is 0 Å². The number of rotatable bonds is 8. The molecule has 3 rings (SSSR count). The quantitative estimate of drug-likeness (QED) is 0.569. The summed E-state index contributed by atoms with van der Waals surface area (Å²) in [4.78, 5) is 14.8. The molecule has 0 aliphatic rings. The zero-order valence-electron chi connectivity index (χ0n) is 15.1. The molecule has 3 aromatic rings. The molecule has 0 atom stereocenters. The topological polar surface area (TPSA) is 102 Å². The molecule has 0 bridgehead atoms. The normalized spacial score (nSPS) is 11.6. The number of fused-ring (bicyclic) bond motifs is 1. The fourth-order valence-corrected chi connectivity index (χ4v) is 4.10. The highest BCUT2D eigenvalue weighted by Gasteiger charge is 2.20. The predicted octanol–water partition coefficient (Wildman–Crippen LogP) is 1.72. The molecule has 0 aliphatic carbocycles. The lowest BCUT2D eigenvalue weighted by atomic mass is 10.3. The molecule has 0 saturated carbocycles. The smallest absolute Gasteiger partial charge is 0.326 e. The van der Waals surface area contributed by atoms with Crippen LogP contribution in [0.1, 0.15) is 6.42 Å². The van der Waals surface area contributed by atoms with E-state index in [0.717, 1.165) is 11.0 Å². The van der Waals surface area contributed by atoms with Gasteiger partial charge in [-0.1, -0.05) is 12.1 Å². The van der Waals surface area contributed by atoms with Crippen LogP contribution < -0.4 is 19.9 Å². The minimum absolute atomic E-state index is 0.00797. The van der Waals surface area contributed by atoms with Crippen molar-refractivity contribution in [3.63, 3.8) is 0 Å². The van der Waals surface area contributed by atoms with Gasteiger partial charge in [-0.25, -0.2) is 17.9 Å². The summed E-state index contributed by atoms with van der Waals surface area (Å²) in [5.74, 6) is 0.651. The number of hydrogen-bond acceptors (Lipinski definition) is 5. The average molecular weight is 391 g/mol. The molecule has 9 heteroatoms. The fourth-order valence-electron chi connectivity index (χ4n) is 2.84. The van der Waals surface area contributed by atoms with Gasteiger partial charge in [0.25, 0.3) is 0 Å². The summed E-state index contributed by atoms with van der Waals surface area (Å²) in [6.07, 6.45) is 0.452. The number of imidazole rings is 1. The highest BCUT2D eigenvalue weighted by atomic mass is 32.2. The monoisotopic (exact) mass is 391 g/mol. The van der Waals surface area contributed by atoms with Crippen LogP contribution in [0.25, 0.3) is 11.0 Å². The van der Waals surface area contributed by atoms with Gasteiger partial charge in [-0.15, -0.1) is 0 Å². The Morgan fingerprint density at radius 2 is 1.89 bits per heavy atom. The van der Waals surface area contributed by atoms with Crippen molar-refractivity contribution < 1.29 is 17.9 Å². The third kappa shape index (κ3) is 3.99. The van der Waals surface area contributed by atoms with Crippen molar-refractivity contribution in [1.82, 2.24) is 14.3 Å². The third-order valence-corrected chi connectivity index (χ3v) is 5.67. The second-order valence-electron chi connectivity index (χ2n) is 5.87. The Bertz CT molecular complexity index is 1100. The third-order valence-electron chi connectivity index (χ3n) is 4.19. The van der Waals surface area contributed by atoms with E-state index in [1.165, 1.54) is 20.3 Å². The van der Waals surface area contributed by atoms with E-state index in [1.807, 2.05) is 24.3 Å². The number of ether oxygens (including phenoxy) is 2. The lowest BCUT2D eigenvalue weighted by Crippen LogP contribution is -2.27. The van der Waals surface area contributed by atoms with E-state index in [2.05, 4.69) is 9.71 Å². The molecule has 0 saturated heterocycles. The predicted molar refractivity (Wildman–Crippen MR) is 102 cm³/mol. The number of nitrogens with zero attached hydrogens (tertiary/aromatic N) is 1. The molecule has 1 heterocycles. The Morgan fingerprint density at radius 3 is 2.63 bits per heavy atom. The highest BCUT2D eigenvalue weighted by molar-refractivity contribution is 7.89. The summed E-state index contributed by atoms with van der Waals surface area (Å²) < 4.78 is 39.6. The van der Waals surface area contributed by atoms with Crippen LogP contribution in [0.2, 0.25) is 0 Å². The van der Waals surface area contributed by atoms with Crippen LogP contribution in [0, 0.1) is 0 Å². The van der Waals surface area contributed by atoms with Crippen molar-refractivity contribution in [3.8, 4) is 11.5 Å². The van der Waals surface area contributed by atoms with Crippen molar-refractivity contribution in [3.05, 3.63) is 52.9 Å². The summed E-state index contributed by atoms with van der Waals surface area (Å²) in [7, 11) is -0.910. The Kier molecular flexibility index (Phi) is 5.52. The minimum Gasteiger partial charge on any atom is -0.497 e. The van der Waals surface area contributed by atoms with Gasteiger partial charge in [0.05, 0.1) is 25.3 Å². The molecule has 0 spiro atoms. The van der Waals surface area contributed by atoms with Crippen LogP contribution in [-0.4, -0.2) is 38.7 Å². The first kappa shape index (κ1) is 19.0. The highest BCUT2D eigenvalue weighted by Crippen LogP contribution is 2.27. The lowest BCUT2D eigenvalue weighted by molar-refractivity contribution is 0.392.